The summed E-state index contributed by atoms with van der Waals surface area (Å²) in [6.07, 6.45) is 4.51. The van der Waals surface area contributed by atoms with Crippen LogP contribution in [0.3, 0.4) is 0 Å². The van der Waals surface area contributed by atoms with E-state index in [9.17, 15) is 9.59 Å². The largest absolute Gasteiger partial charge is 0.469 e. The molecule has 5 heteroatoms. The van der Waals surface area contributed by atoms with Crippen LogP contribution in [-0.2, 0) is 14.3 Å². The minimum atomic E-state index is -0.185. The molecule has 0 saturated carbocycles. The molecule has 1 saturated heterocycles. The second-order valence-corrected chi connectivity index (χ2v) is 5.64. The molecule has 1 aliphatic heterocycles. The predicted molar refractivity (Wildman–Crippen MR) is 86.6 cm³/mol. The van der Waals surface area contributed by atoms with Gasteiger partial charge < -0.3 is 14.1 Å². The Morgan fingerprint density at radius 3 is 2.70 bits per heavy atom. The van der Waals surface area contributed by atoms with Crippen LogP contribution in [0.15, 0.2) is 40.8 Å². The zero-order chi connectivity index (χ0) is 16.2. The number of likely N-dealkylation sites (tertiary alicyclic amines) is 1. The van der Waals surface area contributed by atoms with E-state index in [1.807, 2.05) is 30.3 Å². The molecule has 1 aromatic carbocycles. The van der Waals surface area contributed by atoms with Crippen LogP contribution in [0.25, 0.3) is 17.0 Å². The van der Waals surface area contributed by atoms with E-state index in [0.717, 1.165) is 11.0 Å². The van der Waals surface area contributed by atoms with Gasteiger partial charge in [0.25, 0.3) is 0 Å². The molecule has 0 atom stereocenters. The van der Waals surface area contributed by atoms with Gasteiger partial charge in [0, 0.05) is 24.6 Å². The van der Waals surface area contributed by atoms with E-state index in [2.05, 4.69) is 0 Å². The maximum absolute atomic E-state index is 12.2. The maximum Gasteiger partial charge on any atom is 0.308 e. The highest BCUT2D eigenvalue weighted by atomic mass is 16.5. The zero-order valence-corrected chi connectivity index (χ0v) is 13.0. The summed E-state index contributed by atoms with van der Waals surface area (Å²) >= 11 is 0. The van der Waals surface area contributed by atoms with Gasteiger partial charge in [0.2, 0.25) is 5.91 Å². The van der Waals surface area contributed by atoms with Crippen LogP contribution in [0.5, 0.6) is 0 Å². The van der Waals surface area contributed by atoms with Crippen LogP contribution >= 0.6 is 0 Å². The lowest BCUT2D eigenvalue weighted by Crippen LogP contribution is -2.39. The van der Waals surface area contributed by atoms with Crippen LogP contribution in [0, 0.1) is 5.92 Å². The number of nitrogens with zero attached hydrogens (tertiary/aromatic N) is 1. The first kappa shape index (κ1) is 15.3. The summed E-state index contributed by atoms with van der Waals surface area (Å²) < 4.78 is 10.4. The fourth-order valence-electron chi connectivity index (χ4n) is 2.85. The topological polar surface area (TPSA) is 59.8 Å². The van der Waals surface area contributed by atoms with Crippen LogP contribution in [0.1, 0.15) is 18.6 Å². The van der Waals surface area contributed by atoms with Gasteiger partial charge in [0.15, 0.2) is 0 Å². The highest BCUT2D eigenvalue weighted by Gasteiger charge is 2.26. The Labute approximate surface area is 134 Å². The van der Waals surface area contributed by atoms with E-state index >= 15 is 0 Å². The summed E-state index contributed by atoms with van der Waals surface area (Å²) in [5.41, 5.74) is 0.804. The fraction of sp³-hybridized carbons (Fsp3) is 0.333. The molecule has 2 aromatic rings. The Morgan fingerprint density at radius 2 is 2.00 bits per heavy atom. The number of furan rings is 1. The predicted octanol–water partition coefficient (Wildman–Crippen LogP) is 2.86. The van der Waals surface area contributed by atoms with Crippen LogP contribution in [0.4, 0.5) is 0 Å². The molecule has 0 unspecified atom stereocenters. The molecule has 0 spiro atoms. The highest BCUT2D eigenvalue weighted by molar-refractivity contribution is 5.92. The van der Waals surface area contributed by atoms with E-state index in [-0.39, 0.29) is 17.8 Å². The number of para-hydroxylation sites is 1. The molecule has 0 N–H and O–H groups in total. The van der Waals surface area contributed by atoms with E-state index in [0.29, 0.717) is 31.7 Å². The van der Waals surface area contributed by atoms with E-state index in [4.69, 9.17) is 9.15 Å². The van der Waals surface area contributed by atoms with Crippen molar-refractivity contribution in [3.8, 4) is 0 Å². The monoisotopic (exact) mass is 313 g/mol. The average Bonchev–Trinajstić information content (AvgIpc) is 3.02. The summed E-state index contributed by atoms with van der Waals surface area (Å²) in [5.74, 6) is 0.316. The van der Waals surface area contributed by atoms with Gasteiger partial charge in [-0.2, -0.15) is 0 Å². The Kier molecular flexibility index (Phi) is 4.46. The number of benzene rings is 1. The van der Waals surface area contributed by atoms with Crippen molar-refractivity contribution in [2.75, 3.05) is 20.2 Å². The second kappa shape index (κ2) is 6.69. The van der Waals surface area contributed by atoms with Crippen molar-refractivity contribution < 1.29 is 18.7 Å². The van der Waals surface area contributed by atoms with Crippen molar-refractivity contribution in [2.45, 2.75) is 12.8 Å². The summed E-state index contributed by atoms with van der Waals surface area (Å²) in [6, 6.07) is 9.63. The molecule has 0 aliphatic carbocycles. The minimum absolute atomic E-state index is 0.0613. The van der Waals surface area contributed by atoms with Gasteiger partial charge in [-0.3, -0.25) is 9.59 Å². The number of methoxy groups -OCH3 is 1. The van der Waals surface area contributed by atoms with Crippen molar-refractivity contribution in [3.63, 3.8) is 0 Å². The van der Waals surface area contributed by atoms with Gasteiger partial charge in [-0.05, 0) is 31.1 Å². The van der Waals surface area contributed by atoms with Gasteiger partial charge in [-0.25, -0.2) is 0 Å². The van der Waals surface area contributed by atoms with Gasteiger partial charge in [0.1, 0.15) is 11.3 Å². The minimum Gasteiger partial charge on any atom is -0.469 e. The van der Waals surface area contributed by atoms with E-state index in [1.54, 1.807) is 11.0 Å². The van der Waals surface area contributed by atoms with Crippen molar-refractivity contribution in [1.29, 1.82) is 0 Å². The standard InChI is InChI=1S/C18H19NO4/c1-22-18(21)13-8-10-19(11-9-13)17(20)7-6-15-12-14-4-2-3-5-16(14)23-15/h2-7,12-13H,8-11H2,1H3/b7-6+. The number of esters is 1. The quantitative estimate of drug-likeness (QED) is 0.646. The Hall–Kier alpha value is -2.56. The Bertz CT molecular complexity index is 705. The number of carbonyl (C=O) groups excluding carboxylic acids is 2. The first-order chi connectivity index (χ1) is 11.2. The molecule has 5 nitrogen and oxygen atoms in total. The average molecular weight is 313 g/mol. The third-order valence-corrected chi connectivity index (χ3v) is 4.18. The molecule has 120 valence electrons. The maximum atomic E-state index is 12.2. The van der Waals surface area contributed by atoms with Crippen LogP contribution < -0.4 is 0 Å². The van der Waals surface area contributed by atoms with Crippen molar-refractivity contribution in [1.82, 2.24) is 4.90 Å². The summed E-state index contributed by atoms with van der Waals surface area (Å²) in [4.78, 5) is 25.4. The third kappa shape index (κ3) is 3.44. The molecule has 3 rings (SSSR count). The summed E-state index contributed by atoms with van der Waals surface area (Å²) in [6.45, 7) is 1.14. The number of rotatable bonds is 3. The summed E-state index contributed by atoms with van der Waals surface area (Å²) in [7, 11) is 1.40. The Morgan fingerprint density at radius 1 is 1.26 bits per heavy atom. The molecule has 23 heavy (non-hydrogen) atoms. The van der Waals surface area contributed by atoms with Crippen LogP contribution in [-0.4, -0.2) is 37.0 Å². The lowest BCUT2D eigenvalue weighted by atomic mass is 9.97. The lowest BCUT2D eigenvalue weighted by Gasteiger charge is -2.29. The lowest BCUT2D eigenvalue weighted by molar-refractivity contribution is -0.148. The molecule has 1 amide bonds. The number of amides is 1. The van der Waals surface area contributed by atoms with Gasteiger partial charge >= 0.3 is 5.97 Å². The Balaban J connectivity index is 1.60. The van der Waals surface area contributed by atoms with Crippen molar-refractivity contribution >= 4 is 28.9 Å². The number of carbonyl (C=O) groups is 2. The number of fused-ring (bicyclic) bond motifs is 1. The molecule has 0 bridgehead atoms. The van der Waals surface area contributed by atoms with Gasteiger partial charge in [-0.15, -0.1) is 0 Å². The molecule has 2 heterocycles. The number of piperidine rings is 1. The number of hydrogen-bond donors (Lipinski definition) is 0. The van der Waals surface area contributed by atoms with E-state index < -0.39 is 0 Å². The molecule has 0 radical (unpaired) electrons. The first-order valence-electron chi connectivity index (χ1n) is 7.71. The van der Waals surface area contributed by atoms with Crippen molar-refractivity contribution in [2.24, 2.45) is 5.92 Å². The smallest absolute Gasteiger partial charge is 0.308 e. The number of ether oxygens (including phenoxy) is 1. The van der Waals surface area contributed by atoms with E-state index in [1.165, 1.54) is 13.2 Å². The normalized spacial score (nSPS) is 16.1. The summed E-state index contributed by atoms with van der Waals surface area (Å²) in [5, 5.41) is 1.01. The fourth-order valence-corrected chi connectivity index (χ4v) is 2.85. The SMILES string of the molecule is COC(=O)C1CCN(C(=O)/C=C/c2cc3ccccc3o2)CC1. The second-order valence-electron chi connectivity index (χ2n) is 5.64. The molecule has 1 aliphatic rings. The molecular formula is C18H19NO4. The highest BCUT2D eigenvalue weighted by Crippen LogP contribution is 2.21. The van der Waals surface area contributed by atoms with Crippen molar-refractivity contribution in [3.05, 3.63) is 42.2 Å². The van der Waals surface area contributed by atoms with Gasteiger partial charge in [0.05, 0.1) is 13.0 Å². The first-order valence-corrected chi connectivity index (χ1v) is 7.71. The zero-order valence-electron chi connectivity index (χ0n) is 13.0. The van der Waals surface area contributed by atoms with Gasteiger partial charge in [-0.1, -0.05) is 18.2 Å². The number of hydrogen-bond acceptors (Lipinski definition) is 4. The molecular weight excluding hydrogens is 294 g/mol. The van der Waals surface area contributed by atoms with Crippen LogP contribution in [0.2, 0.25) is 0 Å². The molecule has 1 fully saturated rings. The third-order valence-electron chi connectivity index (χ3n) is 4.18. The molecule has 1 aromatic heterocycles.